The smallest absolute Gasteiger partial charge is 0.145 e. The molecule has 1 unspecified atom stereocenters. The van der Waals surface area contributed by atoms with E-state index in [0.29, 0.717) is 5.75 Å². The molecule has 1 heterocycles. The van der Waals surface area contributed by atoms with Crippen molar-refractivity contribution in [2.24, 2.45) is 5.73 Å². The van der Waals surface area contributed by atoms with Crippen molar-refractivity contribution in [3.05, 3.63) is 64.9 Å². The van der Waals surface area contributed by atoms with Crippen molar-refractivity contribution in [2.45, 2.75) is 13.0 Å². The molecule has 2 N–H and O–H groups in total. The van der Waals surface area contributed by atoms with Gasteiger partial charge < -0.3 is 10.5 Å². The molecule has 3 nitrogen and oxygen atoms in total. The van der Waals surface area contributed by atoms with Crippen LogP contribution in [-0.4, -0.2) is 4.98 Å². The Bertz CT molecular complexity index is 769. The third kappa shape index (κ3) is 3.23. The molecule has 106 valence electrons. The molecule has 0 amide bonds. The van der Waals surface area contributed by atoms with Gasteiger partial charge in [0.25, 0.3) is 0 Å². The third-order valence-corrected chi connectivity index (χ3v) is 3.73. The average Bonchev–Trinajstić information content (AvgIpc) is 2.48. The summed E-state index contributed by atoms with van der Waals surface area (Å²) in [5.74, 6) is 1.50. The van der Waals surface area contributed by atoms with Crippen LogP contribution in [0.1, 0.15) is 18.7 Å². The Morgan fingerprint density at radius 3 is 2.43 bits per heavy atom. The molecule has 21 heavy (non-hydrogen) atoms. The number of aromatic nitrogens is 1. The van der Waals surface area contributed by atoms with E-state index in [9.17, 15) is 0 Å². The van der Waals surface area contributed by atoms with E-state index in [1.165, 1.54) is 5.39 Å². The second-order valence-electron chi connectivity index (χ2n) is 4.96. The van der Waals surface area contributed by atoms with Gasteiger partial charge in [0.1, 0.15) is 11.5 Å². The molecule has 0 bridgehead atoms. The highest BCUT2D eigenvalue weighted by atomic mass is 79.9. The highest BCUT2D eigenvalue weighted by molar-refractivity contribution is 9.10. The van der Waals surface area contributed by atoms with Crippen LogP contribution in [0.15, 0.2) is 59.2 Å². The summed E-state index contributed by atoms with van der Waals surface area (Å²) < 4.78 is 6.91. The normalized spacial score (nSPS) is 12.3. The maximum Gasteiger partial charge on any atom is 0.145 e. The lowest BCUT2D eigenvalue weighted by atomic mass is 10.1. The summed E-state index contributed by atoms with van der Waals surface area (Å²) >= 11 is 3.47. The molecule has 3 rings (SSSR count). The van der Waals surface area contributed by atoms with Crippen molar-refractivity contribution >= 4 is 26.7 Å². The zero-order chi connectivity index (χ0) is 14.8. The average molecular weight is 343 g/mol. The summed E-state index contributed by atoms with van der Waals surface area (Å²) in [4.78, 5) is 4.29. The summed E-state index contributed by atoms with van der Waals surface area (Å²) in [5, 5.41) is 2.30. The van der Waals surface area contributed by atoms with E-state index < -0.39 is 0 Å². The first kappa shape index (κ1) is 14.0. The second-order valence-corrected chi connectivity index (χ2v) is 5.88. The van der Waals surface area contributed by atoms with Crippen molar-refractivity contribution < 1.29 is 4.74 Å². The maximum atomic E-state index is 5.84. The molecule has 1 atom stereocenters. The Labute approximate surface area is 131 Å². The van der Waals surface area contributed by atoms with E-state index >= 15 is 0 Å². The highest BCUT2D eigenvalue weighted by Crippen LogP contribution is 2.27. The molecule has 0 aliphatic rings. The van der Waals surface area contributed by atoms with Gasteiger partial charge in [0.15, 0.2) is 0 Å². The molecule has 0 saturated heterocycles. The summed E-state index contributed by atoms with van der Waals surface area (Å²) in [6.07, 6.45) is 1.70. The summed E-state index contributed by atoms with van der Waals surface area (Å²) in [5.41, 5.74) is 6.64. The number of nitrogens with zero attached hydrogens (tertiary/aromatic N) is 1. The van der Waals surface area contributed by atoms with Gasteiger partial charge in [-0.1, -0.05) is 28.1 Å². The standard InChI is InChI=1S/C17H15BrN2O/c1-11(19)17-7-6-16(10-20-17)21-15-5-3-12-8-14(18)4-2-13(12)9-15/h2-11H,19H2,1H3. The van der Waals surface area contributed by atoms with Crippen LogP contribution in [0.3, 0.4) is 0 Å². The van der Waals surface area contributed by atoms with Gasteiger partial charge in [0.05, 0.1) is 11.9 Å². The first-order valence-electron chi connectivity index (χ1n) is 6.70. The Morgan fingerprint density at radius 2 is 1.71 bits per heavy atom. The fourth-order valence-corrected chi connectivity index (χ4v) is 2.49. The number of halogens is 1. The zero-order valence-corrected chi connectivity index (χ0v) is 13.2. The minimum absolute atomic E-state index is 0.0711. The van der Waals surface area contributed by atoms with Gasteiger partial charge in [-0.3, -0.25) is 4.98 Å². The molecule has 0 aliphatic carbocycles. The highest BCUT2D eigenvalue weighted by Gasteiger charge is 2.03. The van der Waals surface area contributed by atoms with Crippen LogP contribution >= 0.6 is 15.9 Å². The van der Waals surface area contributed by atoms with E-state index in [2.05, 4.69) is 33.0 Å². The molecule has 0 saturated carbocycles. The Morgan fingerprint density at radius 1 is 1.00 bits per heavy atom. The monoisotopic (exact) mass is 342 g/mol. The van der Waals surface area contributed by atoms with E-state index in [1.54, 1.807) is 6.20 Å². The predicted octanol–water partition coefficient (Wildman–Crippen LogP) is 4.81. The van der Waals surface area contributed by atoms with Crippen molar-refractivity contribution in [2.75, 3.05) is 0 Å². The van der Waals surface area contributed by atoms with Gasteiger partial charge in [0, 0.05) is 10.5 Å². The van der Waals surface area contributed by atoms with E-state index in [0.717, 1.165) is 21.3 Å². The van der Waals surface area contributed by atoms with Crippen LogP contribution in [0, 0.1) is 0 Å². The van der Waals surface area contributed by atoms with Crippen molar-refractivity contribution in [3.63, 3.8) is 0 Å². The SMILES string of the molecule is CC(N)c1ccc(Oc2ccc3cc(Br)ccc3c2)cn1. The minimum atomic E-state index is -0.0711. The van der Waals surface area contributed by atoms with Crippen LogP contribution in [0.2, 0.25) is 0 Å². The topological polar surface area (TPSA) is 48.1 Å². The lowest BCUT2D eigenvalue weighted by molar-refractivity contribution is 0.480. The molecular weight excluding hydrogens is 328 g/mol. The van der Waals surface area contributed by atoms with Gasteiger partial charge in [-0.25, -0.2) is 0 Å². The van der Waals surface area contributed by atoms with Gasteiger partial charge >= 0.3 is 0 Å². The number of fused-ring (bicyclic) bond motifs is 1. The number of benzene rings is 2. The molecule has 0 fully saturated rings. The van der Waals surface area contributed by atoms with E-state index in [1.807, 2.05) is 43.3 Å². The summed E-state index contributed by atoms with van der Waals surface area (Å²) in [6.45, 7) is 1.91. The fourth-order valence-electron chi connectivity index (χ4n) is 2.12. The molecule has 0 radical (unpaired) electrons. The van der Waals surface area contributed by atoms with Crippen molar-refractivity contribution in [1.82, 2.24) is 4.98 Å². The number of rotatable bonds is 3. The third-order valence-electron chi connectivity index (χ3n) is 3.24. The van der Waals surface area contributed by atoms with Crippen LogP contribution in [-0.2, 0) is 0 Å². The molecule has 1 aromatic heterocycles. The molecule has 0 spiro atoms. The predicted molar refractivity (Wildman–Crippen MR) is 88.6 cm³/mol. The van der Waals surface area contributed by atoms with Crippen LogP contribution in [0.5, 0.6) is 11.5 Å². The summed E-state index contributed by atoms with van der Waals surface area (Å²) in [7, 11) is 0. The first-order chi connectivity index (χ1) is 10.1. The number of nitrogens with two attached hydrogens (primary N) is 1. The lowest BCUT2D eigenvalue weighted by Crippen LogP contribution is -2.06. The van der Waals surface area contributed by atoms with Gasteiger partial charge in [-0.15, -0.1) is 0 Å². The Kier molecular flexibility index (Phi) is 3.90. The van der Waals surface area contributed by atoms with E-state index in [4.69, 9.17) is 10.5 Å². The zero-order valence-electron chi connectivity index (χ0n) is 11.6. The quantitative estimate of drug-likeness (QED) is 0.742. The number of pyridine rings is 1. The number of hydrogen-bond acceptors (Lipinski definition) is 3. The second kappa shape index (κ2) is 5.84. The minimum Gasteiger partial charge on any atom is -0.456 e. The molecule has 2 aromatic carbocycles. The molecular formula is C17H15BrN2O. The first-order valence-corrected chi connectivity index (χ1v) is 7.50. The largest absolute Gasteiger partial charge is 0.456 e. The molecule has 0 aliphatic heterocycles. The number of ether oxygens (including phenoxy) is 1. The van der Waals surface area contributed by atoms with Crippen LogP contribution < -0.4 is 10.5 Å². The Hall–Kier alpha value is -1.91. The van der Waals surface area contributed by atoms with Crippen LogP contribution in [0.25, 0.3) is 10.8 Å². The lowest BCUT2D eigenvalue weighted by Gasteiger charge is -2.09. The molecule has 3 aromatic rings. The van der Waals surface area contributed by atoms with Gasteiger partial charge in [-0.2, -0.15) is 0 Å². The molecule has 4 heteroatoms. The summed E-state index contributed by atoms with van der Waals surface area (Å²) in [6, 6.07) is 15.9. The van der Waals surface area contributed by atoms with Crippen molar-refractivity contribution in [3.8, 4) is 11.5 Å². The number of hydrogen-bond donors (Lipinski definition) is 1. The van der Waals surface area contributed by atoms with E-state index in [-0.39, 0.29) is 6.04 Å². The van der Waals surface area contributed by atoms with Gasteiger partial charge in [0.2, 0.25) is 0 Å². The fraction of sp³-hybridized carbons (Fsp3) is 0.118. The van der Waals surface area contributed by atoms with Crippen LogP contribution in [0.4, 0.5) is 0 Å². The van der Waals surface area contributed by atoms with Gasteiger partial charge in [-0.05, 0) is 54.1 Å². The Balaban J connectivity index is 1.85. The van der Waals surface area contributed by atoms with Crippen molar-refractivity contribution in [1.29, 1.82) is 0 Å². The maximum absolute atomic E-state index is 5.84.